The molecule has 0 aliphatic carbocycles. The van der Waals surface area contributed by atoms with Gasteiger partial charge in [-0.1, -0.05) is 71.7 Å². The van der Waals surface area contributed by atoms with Crippen LogP contribution < -0.4 is 10.1 Å². The predicted molar refractivity (Wildman–Crippen MR) is 123 cm³/mol. The fourth-order valence-electron chi connectivity index (χ4n) is 2.85. The molecule has 0 spiro atoms. The van der Waals surface area contributed by atoms with Gasteiger partial charge in [-0.15, -0.1) is 0 Å². The SMILES string of the molecule is O=C(NCC(O)C(O)c1ccc(OCc2ccc(Cl)c(Cl)c2)cc1)OCc1ccccc1. The Morgan fingerprint density at radius 2 is 1.59 bits per heavy atom. The van der Waals surface area contributed by atoms with E-state index in [0.29, 0.717) is 28.0 Å². The quantitative estimate of drug-likeness (QED) is 0.409. The molecule has 3 rings (SSSR count). The third-order valence-corrected chi connectivity index (χ3v) is 5.38. The molecule has 0 fully saturated rings. The van der Waals surface area contributed by atoms with Gasteiger partial charge in [-0.2, -0.15) is 0 Å². The first-order valence-corrected chi connectivity index (χ1v) is 10.7. The van der Waals surface area contributed by atoms with E-state index in [1.807, 2.05) is 36.4 Å². The fraction of sp³-hybridized carbons (Fsp3) is 0.208. The maximum absolute atomic E-state index is 11.8. The van der Waals surface area contributed by atoms with E-state index in [1.165, 1.54) is 0 Å². The van der Waals surface area contributed by atoms with Crippen molar-refractivity contribution in [1.82, 2.24) is 5.32 Å². The molecule has 3 aromatic rings. The first kappa shape index (κ1) is 23.9. The zero-order valence-electron chi connectivity index (χ0n) is 17.1. The van der Waals surface area contributed by atoms with Gasteiger partial charge in [0.15, 0.2) is 0 Å². The van der Waals surface area contributed by atoms with Crippen LogP contribution in [0, 0.1) is 0 Å². The average molecular weight is 476 g/mol. The molecule has 0 heterocycles. The Kier molecular flexibility index (Phi) is 8.76. The summed E-state index contributed by atoms with van der Waals surface area (Å²) in [5.74, 6) is 0.587. The second-order valence-corrected chi connectivity index (χ2v) is 7.88. The maximum Gasteiger partial charge on any atom is 0.407 e. The zero-order chi connectivity index (χ0) is 22.9. The Morgan fingerprint density at radius 3 is 2.28 bits per heavy atom. The highest BCUT2D eigenvalue weighted by Gasteiger charge is 2.19. The number of rotatable bonds is 9. The standard InChI is InChI=1S/C24H23Cl2NO5/c25-20-11-6-17(12-21(20)26)15-31-19-9-7-18(8-10-19)23(29)22(28)13-27-24(30)32-14-16-4-2-1-3-5-16/h1-12,22-23,28-29H,13-15H2,(H,27,30). The second kappa shape index (κ2) is 11.7. The molecular weight excluding hydrogens is 453 g/mol. The minimum absolute atomic E-state index is 0.120. The largest absolute Gasteiger partial charge is 0.489 e. The van der Waals surface area contributed by atoms with Gasteiger partial charge in [0.25, 0.3) is 0 Å². The van der Waals surface area contributed by atoms with Gasteiger partial charge in [0.1, 0.15) is 31.2 Å². The molecule has 2 unspecified atom stereocenters. The summed E-state index contributed by atoms with van der Waals surface area (Å²) in [6.45, 7) is 0.260. The smallest absolute Gasteiger partial charge is 0.407 e. The van der Waals surface area contributed by atoms with E-state index in [0.717, 1.165) is 11.1 Å². The van der Waals surface area contributed by atoms with Crippen LogP contribution in [0.25, 0.3) is 0 Å². The first-order valence-electron chi connectivity index (χ1n) is 9.90. The number of hydrogen-bond acceptors (Lipinski definition) is 5. The van der Waals surface area contributed by atoms with Crippen LogP contribution in [-0.2, 0) is 18.0 Å². The molecule has 2 atom stereocenters. The van der Waals surface area contributed by atoms with Crippen molar-refractivity contribution in [2.45, 2.75) is 25.4 Å². The highest BCUT2D eigenvalue weighted by molar-refractivity contribution is 6.42. The molecule has 1 amide bonds. The number of ether oxygens (including phenoxy) is 2. The highest BCUT2D eigenvalue weighted by atomic mass is 35.5. The minimum Gasteiger partial charge on any atom is -0.489 e. The van der Waals surface area contributed by atoms with Crippen LogP contribution in [0.3, 0.4) is 0 Å². The highest BCUT2D eigenvalue weighted by Crippen LogP contribution is 2.24. The van der Waals surface area contributed by atoms with Crippen LogP contribution >= 0.6 is 23.2 Å². The molecule has 0 bridgehead atoms. The van der Waals surface area contributed by atoms with E-state index in [-0.39, 0.29) is 13.2 Å². The number of carbonyl (C=O) groups is 1. The normalized spacial score (nSPS) is 12.6. The number of hydrogen-bond donors (Lipinski definition) is 3. The number of benzene rings is 3. The number of amides is 1. The van der Waals surface area contributed by atoms with Gasteiger partial charge in [0, 0.05) is 6.54 Å². The monoisotopic (exact) mass is 475 g/mol. The molecule has 0 aliphatic rings. The minimum atomic E-state index is -1.21. The van der Waals surface area contributed by atoms with E-state index in [2.05, 4.69) is 5.32 Å². The second-order valence-electron chi connectivity index (χ2n) is 7.06. The summed E-state index contributed by atoms with van der Waals surface area (Å²) in [5.41, 5.74) is 2.20. The number of alkyl carbamates (subject to hydrolysis) is 1. The van der Waals surface area contributed by atoms with Gasteiger partial charge in [0.2, 0.25) is 0 Å². The average Bonchev–Trinajstić information content (AvgIpc) is 2.82. The van der Waals surface area contributed by atoms with E-state index in [4.69, 9.17) is 32.7 Å². The van der Waals surface area contributed by atoms with E-state index in [1.54, 1.807) is 36.4 Å². The van der Waals surface area contributed by atoms with Gasteiger partial charge in [0.05, 0.1) is 10.0 Å². The fourth-order valence-corrected chi connectivity index (χ4v) is 3.17. The van der Waals surface area contributed by atoms with Crippen molar-refractivity contribution >= 4 is 29.3 Å². The third-order valence-electron chi connectivity index (χ3n) is 4.64. The predicted octanol–water partition coefficient (Wildman–Crippen LogP) is 4.89. The molecule has 168 valence electrons. The van der Waals surface area contributed by atoms with Gasteiger partial charge >= 0.3 is 6.09 Å². The zero-order valence-corrected chi connectivity index (χ0v) is 18.6. The third kappa shape index (κ3) is 7.14. The molecule has 0 radical (unpaired) electrons. The topological polar surface area (TPSA) is 88.0 Å². The Morgan fingerprint density at radius 1 is 0.875 bits per heavy atom. The van der Waals surface area contributed by atoms with Crippen LogP contribution in [0.1, 0.15) is 22.8 Å². The van der Waals surface area contributed by atoms with Crippen molar-refractivity contribution in [2.75, 3.05) is 6.54 Å². The van der Waals surface area contributed by atoms with E-state index in [9.17, 15) is 15.0 Å². The number of nitrogens with one attached hydrogen (secondary N) is 1. The number of aliphatic hydroxyl groups excluding tert-OH is 2. The molecule has 6 nitrogen and oxygen atoms in total. The van der Waals surface area contributed by atoms with Crippen molar-refractivity contribution in [1.29, 1.82) is 0 Å². The Balaban J connectivity index is 1.44. The van der Waals surface area contributed by atoms with Crippen LogP contribution in [0.4, 0.5) is 4.79 Å². The summed E-state index contributed by atoms with van der Waals surface area (Å²) >= 11 is 11.9. The van der Waals surface area contributed by atoms with Gasteiger partial charge in [-0.25, -0.2) is 4.79 Å². The summed E-state index contributed by atoms with van der Waals surface area (Å²) in [5, 5.41) is 23.9. The molecule has 8 heteroatoms. The van der Waals surface area contributed by atoms with Crippen molar-refractivity contribution in [3.63, 3.8) is 0 Å². The molecule has 0 aliphatic heterocycles. The summed E-state index contributed by atoms with van der Waals surface area (Å²) in [6.07, 6.45) is -3.07. The van der Waals surface area contributed by atoms with E-state index >= 15 is 0 Å². The van der Waals surface area contributed by atoms with Crippen molar-refractivity contribution in [3.05, 3.63) is 99.5 Å². The summed E-state index contributed by atoms with van der Waals surface area (Å²) in [7, 11) is 0. The number of halogens is 2. The lowest BCUT2D eigenvalue weighted by atomic mass is 10.0. The number of carbonyl (C=O) groups excluding carboxylic acids is 1. The molecular formula is C24H23Cl2NO5. The molecule has 3 N–H and O–H groups in total. The lowest BCUT2D eigenvalue weighted by Crippen LogP contribution is -2.35. The van der Waals surface area contributed by atoms with Gasteiger partial charge in [-0.3, -0.25) is 0 Å². The lowest BCUT2D eigenvalue weighted by Gasteiger charge is -2.19. The van der Waals surface area contributed by atoms with Crippen molar-refractivity contribution in [3.8, 4) is 5.75 Å². The first-order chi connectivity index (χ1) is 15.4. The van der Waals surface area contributed by atoms with Crippen molar-refractivity contribution in [2.24, 2.45) is 0 Å². The molecule has 32 heavy (non-hydrogen) atoms. The number of aliphatic hydroxyl groups is 2. The lowest BCUT2D eigenvalue weighted by molar-refractivity contribution is 0.0184. The summed E-state index contributed by atoms with van der Waals surface area (Å²) < 4.78 is 10.8. The van der Waals surface area contributed by atoms with Crippen LogP contribution in [0.2, 0.25) is 10.0 Å². The van der Waals surface area contributed by atoms with Gasteiger partial charge in [-0.05, 0) is 41.0 Å². The summed E-state index contributed by atoms with van der Waals surface area (Å²) in [6, 6.07) is 21.2. The molecule has 0 aromatic heterocycles. The Labute approximate surface area is 196 Å². The Bertz CT molecular complexity index is 1010. The van der Waals surface area contributed by atoms with Crippen molar-refractivity contribution < 1.29 is 24.5 Å². The van der Waals surface area contributed by atoms with Crippen LogP contribution in [0.15, 0.2) is 72.8 Å². The Hall–Kier alpha value is -2.77. The maximum atomic E-state index is 11.8. The molecule has 0 saturated heterocycles. The van der Waals surface area contributed by atoms with Crippen LogP contribution in [-0.4, -0.2) is 29.0 Å². The van der Waals surface area contributed by atoms with Gasteiger partial charge < -0.3 is 25.0 Å². The summed E-state index contributed by atoms with van der Waals surface area (Å²) in [4.78, 5) is 11.8. The van der Waals surface area contributed by atoms with Crippen LogP contribution in [0.5, 0.6) is 5.75 Å². The molecule has 3 aromatic carbocycles. The van der Waals surface area contributed by atoms with E-state index < -0.39 is 18.3 Å². The molecule has 0 saturated carbocycles.